The molecule has 2 rings (SSSR count). The lowest BCUT2D eigenvalue weighted by atomic mass is 9.97. The lowest BCUT2D eigenvalue weighted by Crippen LogP contribution is -2.24. The summed E-state index contributed by atoms with van der Waals surface area (Å²) in [6, 6.07) is 3.78. The lowest BCUT2D eigenvalue weighted by molar-refractivity contribution is 0.625. The number of nitrogen functional groups attached to an aromatic ring is 1. The fraction of sp³-hybridized carbons (Fsp3) is 0.286. The van der Waals surface area contributed by atoms with Crippen molar-refractivity contribution in [1.29, 1.82) is 0 Å². The molecule has 0 fully saturated rings. The van der Waals surface area contributed by atoms with Crippen LogP contribution in [-0.4, -0.2) is 16.5 Å². The lowest BCUT2D eigenvalue weighted by Gasteiger charge is -2.21. The van der Waals surface area contributed by atoms with E-state index in [1.807, 2.05) is 25.3 Å². The molecule has 1 unspecified atom stereocenters. The standard InChI is InChI=1S/C14H17ClN4/c1-3-18-13(12-8-17-5-4-9(12)2)11-6-10(15)7-19-14(11)16/h4-8,13,18H,3H2,1-2H3,(H2,16,19). The predicted molar refractivity (Wildman–Crippen MR) is 78.2 cm³/mol. The van der Waals surface area contributed by atoms with Gasteiger partial charge in [0.1, 0.15) is 5.82 Å². The van der Waals surface area contributed by atoms with Crippen LogP contribution in [0.15, 0.2) is 30.7 Å². The molecule has 0 aliphatic rings. The highest BCUT2D eigenvalue weighted by Gasteiger charge is 2.18. The number of nitrogens with one attached hydrogen (secondary N) is 1. The Morgan fingerprint density at radius 1 is 1.37 bits per heavy atom. The Hall–Kier alpha value is -1.65. The van der Waals surface area contributed by atoms with Crippen LogP contribution < -0.4 is 11.1 Å². The summed E-state index contributed by atoms with van der Waals surface area (Å²) in [4.78, 5) is 8.31. The van der Waals surface area contributed by atoms with Crippen LogP contribution in [0.5, 0.6) is 0 Å². The monoisotopic (exact) mass is 276 g/mol. The van der Waals surface area contributed by atoms with Gasteiger partial charge in [0.2, 0.25) is 0 Å². The molecule has 0 radical (unpaired) electrons. The molecule has 2 heterocycles. The average Bonchev–Trinajstić information content (AvgIpc) is 2.40. The normalized spacial score (nSPS) is 12.4. The van der Waals surface area contributed by atoms with Crippen LogP contribution in [0.3, 0.4) is 0 Å². The predicted octanol–water partition coefficient (Wildman–Crippen LogP) is 2.72. The van der Waals surface area contributed by atoms with Gasteiger partial charge in [-0.15, -0.1) is 0 Å². The third-order valence-corrected chi connectivity index (χ3v) is 3.23. The number of aromatic nitrogens is 2. The third-order valence-electron chi connectivity index (χ3n) is 3.03. The maximum atomic E-state index is 6.03. The fourth-order valence-electron chi connectivity index (χ4n) is 2.07. The molecule has 0 saturated carbocycles. The summed E-state index contributed by atoms with van der Waals surface area (Å²) in [7, 11) is 0. The van der Waals surface area contributed by atoms with Crippen molar-refractivity contribution in [2.75, 3.05) is 12.3 Å². The second-order valence-corrected chi connectivity index (χ2v) is 4.79. The Balaban J connectivity index is 2.51. The minimum Gasteiger partial charge on any atom is -0.383 e. The highest BCUT2D eigenvalue weighted by molar-refractivity contribution is 6.30. The molecule has 5 heteroatoms. The molecule has 1 atom stereocenters. The number of hydrogen-bond donors (Lipinski definition) is 2. The molecule has 0 bridgehead atoms. The molecule has 2 aromatic rings. The van der Waals surface area contributed by atoms with Crippen molar-refractivity contribution < 1.29 is 0 Å². The van der Waals surface area contributed by atoms with Crippen molar-refractivity contribution in [3.05, 3.63) is 52.4 Å². The Bertz CT molecular complexity index is 571. The van der Waals surface area contributed by atoms with Crippen LogP contribution in [0, 0.1) is 6.92 Å². The van der Waals surface area contributed by atoms with Crippen LogP contribution in [0.4, 0.5) is 5.82 Å². The second kappa shape index (κ2) is 5.99. The molecule has 0 aliphatic carbocycles. The molecule has 100 valence electrons. The molecule has 0 amide bonds. The van der Waals surface area contributed by atoms with Gasteiger partial charge in [-0.3, -0.25) is 4.98 Å². The number of nitrogens with zero attached hydrogens (tertiary/aromatic N) is 2. The SMILES string of the molecule is CCNC(c1cnccc1C)c1cc(Cl)cnc1N. The highest BCUT2D eigenvalue weighted by Crippen LogP contribution is 2.29. The van der Waals surface area contributed by atoms with Crippen molar-refractivity contribution in [2.45, 2.75) is 19.9 Å². The second-order valence-electron chi connectivity index (χ2n) is 4.35. The maximum absolute atomic E-state index is 6.03. The van der Waals surface area contributed by atoms with E-state index in [1.54, 1.807) is 12.4 Å². The summed E-state index contributed by atoms with van der Waals surface area (Å²) < 4.78 is 0. The number of pyridine rings is 2. The van der Waals surface area contributed by atoms with Gasteiger partial charge < -0.3 is 11.1 Å². The highest BCUT2D eigenvalue weighted by atomic mass is 35.5. The molecule has 0 spiro atoms. The van der Waals surface area contributed by atoms with Gasteiger partial charge in [-0.1, -0.05) is 18.5 Å². The van der Waals surface area contributed by atoms with E-state index in [4.69, 9.17) is 17.3 Å². The van der Waals surface area contributed by atoms with E-state index in [2.05, 4.69) is 22.2 Å². The van der Waals surface area contributed by atoms with Gasteiger partial charge >= 0.3 is 0 Å². The summed E-state index contributed by atoms with van der Waals surface area (Å²) in [5.74, 6) is 0.485. The van der Waals surface area contributed by atoms with Crippen LogP contribution in [0.2, 0.25) is 5.02 Å². The van der Waals surface area contributed by atoms with Crippen LogP contribution in [0.25, 0.3) is 0 Å². The van der Waals surface area contributed by atoms with Gasteiger partial charge in [0.25, 0.3) is 0 Å². The first-order valence-electron chi connectivity index (χ1n) is 6.18. The molecule has 19 heavy (non-hydrogen) atoms. The first-order chi connectivity index (χ1) is 9.13. The zero-order valence-corrected chi connectivity index (χ0v) is 11.8. The summed E-state index contributed by atoms with van der Waals surface area (Å²) in [6.45, 7) is 4.91. The number of hydrogen-bond acceptors (Lipinski definition) is 4. The zero-order chi connectivity index (χ0) is 13.8. The Morgan fingerprint density at radius 3 is 2.84 bits per heavy atom. The van der Waals surface area contributed by atoms with Gasteiger partial charge in [0.15, 0.2) is 0 Å². The summed E-state index contributed by atoms with van der Waals surface area (Å²) in [5.41, 5.74) is 9.09. The van der Waals surface area contributed by atoms with Crippen molar-refractivity contribution in [2.24, 2.45) is 0 Å². The Labute approximate surface area is 118 Å². The fourth-order valence-corrected chi connectivity index (χ4v) is 2.23. The molecule has 0 saturated heterocycles. The Morgan fingerprint density at radius 2 is 2.16 bits per heavy atom. The van der Waals surface area contributed by atoms with Crippen LogP contribution in [0.1, 0.15) is 29.7 Å². The average molecular weight is 277 g/mol. The van der Waals surface area contributed by atoms with E-state index in [0.29, 0.717) is 10.8 Å². The van der Waals surface area contributed by atoms with E-state index in [1.165, 1.54) is 0 Å². The first kappa shape index (κ1) is 13.8. The topological polar surface area (TPSA) is 63.8 Å². The molecule has 0 aliphatic heterocycles. The third kappa shape index (κ3) is 3.03. The number of aryl methyl sites for hydroxylation is 1. The summed E-state index contributed by atoms with van der Waals surface area (Å²) in [6.07, 6.45) is 5.18. The Kier molecular flexibility index (Phi) is 4.35. The van der Waals surface area contributed by atoms with Gasteiger partial charge in [-0.25, -0.2) is 4.98 Å². The van der Waals surface area contributed by atoms with Gasteiger partial charge in [-0.05, 0) is 36.7 Å². The molecule has 0 aromatic carbocycles. The van der Waals surface area contributed by atoms with E-state index >= 15 is 0 Å². The van der Waals surface area contributed by atoms with Crippen LogP contribution in [-0.2, 0) is 0 Å². The molecular formula is C14H17ClN4. The molecule has 4 nitrogen and oxygen atoms in total. The number of halogens is 1. The maximum Gasteiger partial charge on any atom is 0.128 e. The van der Waals surface area contributed by atoms with Crippen LogP contribution >= 0.6 is 11.6 Å². The zero-order valence-electron chi connectivity index (χ0n) is 11.0. The number of nitrogens with two attached hydrogens (primary N) is 1. The van der Waals surface area contributed by atoms with Gasteiger partial charge in [0, 0.05) is 24.2 Å². The first-order valence-corrected chi connectivity index (χ1v) is 6.56. The quantitative estimate of drug-likeness (QED) is 0.901. The minimum atomic E-state index is -0.0510. The minimum absolute atomic E-state index is 0.0510. The van der Waals surface area contributed by atoms with E-state index in [9.17, 15) is 0 Å². The van der Waals surface area contributed by atoms with E-state index < -0.39 is 0 Å². The van der Waals surface area contributed by atoms with E-state index in [-0.39, 0.29) is 6.04 Å². The van der Waals surface area contributed by atoms with Gasteiger partial charge in [-0.2, -0.15) is 0 Å². The van der Waals surface area contributed by atoms with Crippen molar-refractivity contribution in [3.63, 3.8) is 0 Å². The van der Waals surface area contributed by atoms with Crippen molar-refractivity contribution >= 4 is 17.4 Å². The molecular weight excluding hydrogens is 260 g/mol. The summed E-state index contributed by atoms with van der Waals surface area (Å²) in [5, 5.41) is 3.98. The largest absolute Gasteiger partial charge is 0.383 e. The smallest absolute Gasteiger partial charge is 0.128 e. The summed E-state index contributed by atoms with van der Waals surface area (Å²) >= 11 is 6.03. The van der Waals surface area contributed by atoms with Crippen molar-refractivity contribution in [1.82, 2.24) is 15.3 Å². The van der Waals surface area contributed by atoms with Crippen molar-refractivity contribution in [3.8, 4) is 0 Å². The number of rotatable bonds is 4. The van der Waals surface area contributed by atoms with Gasteiger partial charge in [0.05, 0.1) is 11.1 Å². The molecule has 2 aromatic heterocycles. The van der Waals surface area contributed by atoms with E-state index in [0.717, 1.165) is 23.2 Å². The molecule has 3 N–H and O–H groups in total. The number of anilines is 1.